The van der Waals surface area contributed by atoms with Crippen LogP contribution in [0.1, 0.15) is 19.8 Å². The maximum atomic E-state index is 13.0. The summed E-state index contributed by atoms with van der Waals surface area (Å²) in [5, 5.41) is 12.8. The van der Waals surface area contributed by atoms with E-state index in [4.69, 9.17) is 4.74 Å². The quantitative estimate of drug-likeness (QED) is 0.532. The second-order valence-corrected chi connectivity index (χ2v) is 6.55. The predicted molar refractivity (Wildman–Crippen MR) is 97.0 cm³/mol. The molecular formula is C19H26N2O5. The van der Waals surface area contributed by atoms with Gasteiger partial charge in [-0.25, -0.2) is 4.79 Å². The molecule has 7 heteroatoms. The lowest BCUT2D eigenvalue weighted by molar-refractivity contribution is -0.155. The zero-order valence-corrected chi connectivity index (χ0v) is 15.2. The summed E-state index contributed by atoms with van der Waals surface area (Å²) in [5.74, 6) is -2.69. The third kappa shape index (κ3) is 3.72. The molecule has 1 aromatic rings. The number of benzene rings is 1. The zero-order valence-electron chi connectivity index (χ0n) is 15.2. The number of carbonyl (C=O) groups is 3. The van der Waals surface area contributed by atoms with Crippen molar-refractivity contribution in [2.45, 2.75) is 25.3 Å². The minimum atomic E-state index is -1.15. The Labute approximate surface area is 153 Å². The first-order valence-corrected chi connectivity index (χ1v) is 8.77. The molecular weight excluding hydrogens is 336 g/mol. The van der Waals surface area contributed by atoms with Crippen LogP contribution in [0.5, 0.6) is 0 Å². The molecule has 0 amide bonds. The van der Waals surface area contributed by atoms with Gasteiger partial charge in [-0.1, -0.05) is 25.1 Å². The summed E-state index contributed by atoms with van der Waals surface area (Å²) in [6.07, 6.45) is 1.43. The van der Waals surface area contributed by atoms with E-state index in [9.17, 15) is 19.5 Å². The Hall–Kier alpha value is -2.41. The van der Waals surface area contributed by atoms with Crippen molar-refractivity contribution in [1.29, 1.82) is 0 Å². The van der Waals surface area contributed by atoms with E-state index in [1.807, 2.05) is 35.2 Å². The molecule has 0 spiro atoms. The van der Waals surface area contributed by atoms with Crippen molar-refractivity contribution in [3.05, 3.63) is 30.3 Å². The number of aliphatic carboxylic acids is 1. The smallest absolute Gasteiger partial charge is 0.332 e. The van der Waals surface area contributed by atoms with Crippen LogP contribution in [-0.4, -0.2) is 55.6 Å². The van der Waals surface area contributed by atoms with Crippen LogP contribution in [0, 0.1) is 11.8 Å². The SMILES string of the molecule is COC(=O)C1(N(CCC=O)c2ccccc2)CCNCC1C(C)C(=O)O. The van der Waals surface area contributed by atoms with E-state index in [1.165, 1.54) is 7.11 Å². The highest BCUT2D eigenvalue weighted by Crippen LogP contribution is 2.40. The van der Waals surface area contributed by atoms with Crippen molar-refractivity contribution >= 4 is 23.9 Å². The molecule has 26 heavy (non-hydrogen) atoms. The average molecular weight is 362 g/mol. The molecule has 0 aromatic heterocycles. The van der Waals surface area contributed by atoms with Crippen molar-refractivity contribution in [3.63, 3.8) is 0 Å². The van der Waals surface area contributed by atoms with Gasteiger partial charge >= 0.3 is 11.9 Å². The number of nitrogens with zero attached hydrogens (tertiary/aromatic N) is 1. The number of carbonyl (C=O) groups excluding carboxylic acids is 2. The Bertz CT molecular complexity index is 636. The van der Waals surface area contributed by atoms with Gasteiger partial charge in [-0.05, 0) is 25.1 Å². The summed E-state index contributed by atoms with van der Waals surface area (Å²) in [4.78, 5) is 37.6. The van der Waals surface area contributed by atoms with E-state index < -0.39 is 29.3 Å². The predicted octanol–water partition coefficient (Wildman–Crippen LogP) is 1.32. The van der Waals surface area contributed by atoms with Crippen molar-refractivity contribution in [1.82, 2.24) is 5.32 Å². The molecule has 1 aromatic carbocycles. The number of hydrogen-bond donors (Lipinski definition) is 2. The largest absolute Gasteiger partial charge is 0.481 e. The van der Waals surface area contributed by atoms with Gasteiger partial charge in [-0.3, -0.25) is 4.79 Å². The fraction of sp³-hybridized carbons (Fsp3) is 0.526. The lowest BCUT2D eigenvalue weighted by Gasteiger charge is -2.51. The molecule has 7 nitrogen and oxygen atoms in total. The fourth-order valence-electron chi connectivity index (χ4n) is 3.88. The van der Waals surface area contributed by atoms with Crippen LogP contribution in [0.2, 0.25) is 0 Å². The van der Waals surface area contributed by atoms with Crippen LogP contribution in [0.4, 0.5) is 5.69 Å². The average Bonchev–Trinajstić information content (AvgIpc) is 2.68. The Morgan fingerprint density at radius 1 is 1.42 bits per heavy atom. The zero-order chi connectivity index (χ0) is 19.2. The van der Waals surface area contributed by atoms with Crippen LogP contribution in [0.25, 0.3) is 0 Å². The van der Waals surface area contributed by atoms with Crippen LogP contribution in [0.3, 0.4) is 0 Å². The van der Waals surface area contributed by atoms with Gasteiger partial charge < -0.3 is 24.9 Å². The molecule has 3 atom stereocenters. The standard InChI is InChI=1S/C19H26N2O5/c1-14(17(23)24)16-13-20-10-9-19(16,18(25)26-2)21(11-6-12-22)15-7-4-3-5-8-15/h3-5,7-8,12,14,16,20H,6,9-11,13H2,1-2H3,(H,23,24). The van der Waals surface area contributed by atoms with Gasteiger partial charge in [0.05, 0.1) is 13.0 Å². The number of anilines is 1. The molecule has 142 valence electrons. The minimum absolute atomic E-state index is 0.231. The van der Waals surface area contributed by atoms with E-state index in [0.717, 1.165) is 12.0 Å². The van der Waals surface area contributed by atoms with Gasteiger partial charge in [0, 0.05) is 31.1 Å². The molecule has 1 aliphatic heterocycles. The van der Waals surface area contributed by atoms with Gasteiger partial charge in [0.2, 0.25) is 0 Å². The van der Waals surface area contributed by atoms with E-state index in [2.05, 4.69) is 5.32 Å². The lowest BCUT2D eigenvalue weighted by atomic mass is 9.70. The number of hydrogen-bond acceptors (Lipinski definition) is 6. The van der Waals surface area contributed by atoms with E-state index in [1.54, 1.807) is 6.92 Å². The first-order valence-electron chi connectivity index (χ1n) is 8.77. The Balaban J connectivity index is 2.61. The number of ether oxygens (including phenoxy) is 1. The van der Waals surface area contributed by atoms with Crippen LogP contribution in [0.15, 0.2) is 30.3 Å². The first kappa shape index (κ1) is 19.9. The van der Waals surface area contributed by atoms with Crippen molar-refractivity contribution < 1.29 is 24.2 Å². The summed E-state index contributed by atoms with van der Waals surface area (Å²) in [5.41, 5.74) is -0.383. The van der Waals surface area contributed by atoms with Gasteiger partial charge in [0.1, 0.15) is 11.8 Å². The third-order valence-electron chi connectivity index (χ3n) is 5.21. The van der Waals surface area contributed by atoms with Gasteiger partial charge in [0.15, 0.2) is 0 Å². The molecule has 1 saturated heterocycles. The molecule has 0 bridgehead atoms. The minimum Gasteiger partial charge on any atom is -0.481 e. The number of esters is 1. The number of aldehydes is 1. The van der Waals surface area contributed by atoms with Crippen LogP contribution >= 0.6 is 0 Å². The molecule has 0 saturated carbocycles. The fourth-order valence-corrected chi connectivity index (χ4v) is 3.88. The molecule has 0 radical (unpaired) electrons. The number of carboxylic acids is 1. The highest BCUT2D eigenvalue weighted by molar-refractivity contribution is 5.87. The summed E-state index contributed by atoms with van der Waals surface area (Å²) < 4.78 is 5.15. The summed E-state index contributed by atoms with van der Waals surface area (Å²) in [7, 11) is 1.32. The van der Waals surface area contributed by atoms with Crippen molar-refractivity contribution in [2.75, 3.05) is 31.6 Å². The van der Waals surface area contributed by atoms with Crippen LogP contribution in [-0.2, 0) is 19.1 Å². The van der Waals surface area contributed by atoms with Crippen molar-refractivity contribution in [3.8, 4) is 0 Å². The maximum Gasteiger partial charge on any atom is 0.332 e. The van der Waals surface area contributed by atoms with E-state index >= 15 is 0 Å². The summed E-state index contributed by atoms with van der Waals surface area (Å²) in [6.45, 7) is 2.86. The monoisotopic (exact) mass is 362 g/mol. The number of nitrogens with one attached hydrogen (secondary N) is 1. The maximum absolute atomic E-state index is 13.0. The lowest BCUT2D eigenvalue weighted by Crippen LogP contribution is -2.68. The summed E-state index contributed by atoms with van der Waals surface area (Å²) in [6, 6.07) is 9.29. The Kier molecular flexibility index (Phi) is 6.74. The Morgan fingerprint density at radius 2 is 2.12 bits per heavy atom. The second kappa shape index (κ2) is 8.80. The molecule has 2 rings (SSSR count). The van der Waals surface area contributed by atoms with Crippen molar-refractivity contribution in [2.24, 2.45) is 11.8 Å². The first-order chi connectivity index (χ1) is 12.5. The molecule has 1 aliphatic rings. The molecule has 0 aliphatic carbocycles. The number of rotatable bonds is 8. The second-order valence-electron chi connectivity index (χ2n) is 6.55. The summed E-state index contributed by atoms with van der Waals surface area (Å²) >= 11 is 0. The third-order valence-corrected chi connectivity index (χ3v) is 5.21. The Morgan fingerprint density at radius 3 is 2.69 bits per heavy atom. The molecule has 3 unspecified atom stereocenters. The van der Waals surface area contributed by atoms with Gasteiger partial charge in [-0.2, -0.15) is 0 Å². The molecule has 2 N–H and O–H groups in total. The van der Waals surface area contributed by atoms with E-state index in [-0.39, 0.29) is 6.42 Å². The number of carboxylic acid groups (broad SMARTS) is 1. The topological polar surface area (TPSA) is 95.9 Å². The van der Waals surface area contributed by atoms with Gasteiger partial charge in [-0.15, -0.1) is 0 Å². The number of piperidine rings is 1. The van der Waals surface area contributed by atoms with Gasteiger partial charge in [0.25, 0.3) is 0 Å². The van der Waals surface area contributed by atoms with E-state index in [0.29, 0.717) is 26.1 Å². The molecule has 1 heterocycles. The molecule has 1 fully saturated rings. The highest BCUT2D eigenvalue weighted by atomic mass is 16.5. The number of para-hydroxylation sites is 1. The number of methoxy groups -OCH3 is 1. The highest BCUT2D eigenvalue weighted by Gasteiger charge is 2.55. The normalized spacial score (nSPS) is 23.7. The van der Waals surface area contributed by atoms with Crippen LogP contribution < -0.4 is 10.2 Å².